The molecule has 1 aliphatic carbocycles. The highest BCUT2D eigenvalue weighted by molar-refractivity contribution is 6.23. The van der Waals surface area contributed by atoms with Gasteiger partial charge in [0.05, 0.1) is 25.5 Å². The van der Waals surface area contributed by atoms with Gasteiger partial charge in [-0.05, 0) is 18.2 Å². The van der Waals surface area contributed by atoms with Crippen molar-refractivity contribution in [1.29, 1.82) is 0 Å². The van der Waals surface area contributed by atoms with E-state index >= 15 is 0 Å². The standard InChI is InChI=1S/C18H14N2O3/c1-22-13-8-7-10(9-14(13)23-2)16-15-17(20-19-16)11-5-3-4-6-12(11)18(15)21/h3-9H,1-2H3,(H,19,20). The molecular weight excluding hydrogens is 292 g/mol. The third kappa shape index (κ3) is 1.86. The molecule has 114 valence electrons. The molecule has 0 bridgehead atoms. The first-order valence-corrected chi connectivity index (χ1v) is 7.19. The lowest BCUT2D eigenvalue weighted by Gasteiger charge is -2.08. The van der Waals surface area contributed by atoms with Crippen LogP contribution in [0.3, 0.4) is 0 Å². The Morgan fingerprint density at radius 2 is 1.70 bits per heavy atom. The fraction of sp³-hybridized carbons (Fsp3) is 0.111. The van der Waals surface area contributed by atoms with E-state index in [9.17, 15) is 4.79 Å². The molecule has 0 spiro atoms. The first kappa shape index (κ1) is 13.6. The summed E-state index contributed by atoms with van der Waals surface area (Å²) in [4.78, 5) is 12.7. The highest BCUT2D eigenvalue weighted by Gasteiger charge is 2.32. The number of nitrogens with one attached hydrogen (secondary N) is 1. The van der Waals surface area contributed by atoms with Crippen molar-refractivity contribution >= 4 is 5.78 Å². The number of H-pyrrole nitrogens is 1. The number of benzene rings is 2. The third-order valence-electron chi connectivity index (χ3n) is 4.09. The first-order valence-electron chi connectivity index (χ1n) is 7.19. The Kier molecular flexibility index (Phi) is 2.94. The molecule has 0 unspecified atom stereocenters. The molecule has 2 aromatic carbocycles. The minimum absolute atomic E-state index is 0.00543. The molecule has 1 aliphatic rings. The van der Waals surface area contributed by atoms with Gasteiger partial charge in [0.15, 0.2) is 17.3 Å². The van der Waals surface area contributed by atoms with Crippen LogP contribution < -0.4 is 9.47 Å². The fourth-order valence-corrected chi connectivity index (χ4v) is 2.98. The summed E-state index contributed by atoms with van der Waals surface area (Å²) in [6.07, 6.45) is 0. The second kappa shape index (κ2) is 4.98. The second-order valence-electron chi connectivity index (χ2n) is 5.27. The molecule has 0 aliphatic heterocycles. The number of hydrogen-bond acceptors (Lipinski definition) is 4. The van der Waals surface area contributed by atoms with Crippen LogP contribution in [0.1, 0.15) is 15.9 Å². The molecule has 0 amide bonds. The van der Waals surface area contributed by atoms with E-state index in [-0.39, 0.29) is 5.78 Å². The van der Waals surface area contributed by atoms with E-state index in [2.05, 4.69) is 10.2 Å². The van der Waals surface area contributed by atoms with Gasteiger partial charge in [-0.25, -0.2) is 0 Å². The van der Waals surface area contributed by atoms with E-state index in [1.807, 2.05) is 42.5 Å². The lowest BCUT2D eigenvalue weighted by molar-refractivity contribution is 0.104. The van der Waals surface area contributed by atoms with Gasteiger partial charge in [0.2, 0.25) is 0 Å². The van der Waals surface area contributed by atoms with Gasteiger partial charge in [-0.3, -0.25) is 9.89 Å². The zero-order chi connectivity index (χ0) is 16.0. The molecule has 5 nitrogen and oxygen atoms in total. The molecule has 1 heterocycles. The molecule has 4 rings (SSSR count). The zero-order valence-corrected chi connectivity index (χ0v) is 12.7. The van der Waals surface area contributed by atoms with Crippen molar-refractivity contribution in [3.8, 4) is 34.0 Å². The van der Waals surface area contributed by atoms with Gasteiger partial charge in [-0.1, -0.05) is 24.3 Å². The summed E-state index contributed by atoms with van der Waals surface area (Å²) in [6, 6.07) is 13.0. The number of carbonyl (C=O) groups is 1. The summed E-state index contributed by atoms with van der Waals surface area (Å²) < 4.78 is 10.6. The maximum atomic E-state index is 12.7. The summed E-state index contributed by atoms with van der Waals surface area (Å²) in [6.45, 7) is 0. The van der Waals surface area contributed by atoms with Crippen LogP contribution in [0.4, 0.5) is 0 Å². The molecule has 0 saturated carbocycles. The quantitative estimate of drug-likeness (QED) is 0.631. The summed E-state index contributed by atoms with van der Waals surface area (Å²) in [5, 5.41) is 7.34. The minimum atomic E-state index is -0.00543. The van der Waals surface area contributed by atoms with Crippen molar-refractivity contribution in [2.75, 3.05) is 14.2 Å². The minimum Gasteiger partial charge on any atom is -0.493 e. The van der Waals surface area contributed by atoms with Crippen LogP contribution in [0.15, 0.2) is 42.5 Å². The Labute approximate surface area is 132 Å². The van der Waals surface area contributed by atoms with Gasteiger partial charge in [0.25, 0.3) is 0 Å². The van der Waals surface area contributed by atoms with E-state index in [1.165, 1.54) is 0 Å². The zero-order valence-electron chi connectivity index (χ0n) is 12.7. The topological polar surface area (TPSA) is 64.2 Å². The Morgan fingerprint density at radius 3 is 2.43 bits per heavy atom. The number of aromatic amines is 1. The maximum absolute atomic E-state index is 12.7. The van der Waals surface area contributed by atoms with Crippen LogP contribution in [0.2, 0.25) is 0 Å². The molecule has 0 saturated heterocycles. The molecule has 0 atom stereocenters. The lowest BCUT2D eigenvalue weighted by Crippen LogP contribution is -1.98. The highest BCUT2D eigenvalue weighted by atomic mass is 16.5. The van der Waals surface area contributed by atoms with Crippen molar-refractivity contribution in [3.05, 3.63) is 53.6 Å². The Bertz CT molecular complexity index is 928. The monoisotopic (exact) mass is 306 g/mol. The van der Waals surface area contributed by atoms with Gasteiger partial charge < -0.3 is 9.47 Å². The van der Waals surface area contributed by atoms with Crippen LogP contribution in [0, 0.1) is 0 Å². The number of ether oxygens (including phenoxy) is 2. The van der Waals surface area contributed by atoms with Crippen LogP contribution in [-0.4, -0.2) is 30.2 Å². The number of ketones is 1. The normalized spacial score (nSPS) is 12.0. The number of carbonyl (C=O) groups excluding carboxylic acids is 1. The van der Waals surface area contributed by atoms with Crippen molar-refractivity contribution in [1.82, 2.24) is 10.2 Å². The van der Waals surface area contributed by atoms with E-state index in [0.717, 1.165) is 16.8 Å². The fourth-order valence-electron chi connectivity index (χ4n) is 2.98. The summed E-state index contributed by atoms with van der Waals surface area (Å²) in [5.41, 5.74) is 4.42. The number of methoxy groups -OCH3 is 2. The molecule has 1 aromatic heterocycles. The van der Waals surface area contributed by atoms with Crippen molar-refractivity contribution in [2.45, 2.75) is 0 Å². The van der Waals surface area contributed by atoms with Gasteiger partial charge in [0.1, 0.15) is 5.69 Å². The summed E-state index contributed by atoms with van der Waals surface area (Å²) in [5.74, 6) is 1.23. The van der Waals surface area contributed by atoms with Crippen LogP contribution in [0.5, 0.6) is 11.5 Å². The molecular formula is C18H14N2O3. The van der Waals surface area contributed by atoms with Gasteiger partial charge >= 0.3 is 0 Å². The number of fused-ring (bicyclic) bond motifs is 3. The Morgan fingerprint density at radius 1 is 0.957 bits per heavy atom. The largest absolute Gasteiger partial charge is 0.493 e. The molecule has 0 radical (unpaired) electrons. The van der Waals surface area contributed by atoms with Crippen molar-refractivity contribution < 1.29 is 14.3 Å². The van der Waals surface area contributed by atoms with E-state index < -0.39 is 0 Å². The van der Waals surface area contributed by atoms with E-state index in [1.54, 1.807) is 14.2 Å². The average Bonchev–Trinajstić information content (AvgIpc) is 3.15. The number of aromatic nitrogens is 2. The molecule has 3 aromatic rings. The van der Waals surface area contributed by atoms with Gasteiger partial charge in [-0.2, -0.15) is 5.10 Å². The first-order chi connectivity index (χ1) is 11.2. The molecule has 1 N–H and O–H groups in total. The smallest absolute Gasteiger partial charge is 0.198 e. The van der Waals surface area contributed by atoms with Crippen LogP contribution in [-0.2, 0) is 0 Å². The Balaban J connectivity index is 1.88. The molecule has 23 heavy (non-hydrogen) atoms. The predicted molar refractivity (Wildman–Crippen MR) is 86.0 cm³/mol. The SMILES string of the molecule is COc1ccc(-c2n[nH]c3c2C(=O)c2ccccc2-3)cc1OC. The third-order valence-corrected chi connectivity index (χ3v) is 4.09. The van der Waals surface area contributed by atoms with Crippen molar-refractivity contribution in [3.63, 3.8) is 0 Å². The van der Waals surface area contributed by atoms with Gasteiger partial charge in [-0.15, -0.1) is 0 Å². The number of hydrogen-bond donors (Lipinski definition) is 1. The van der Waals surface area contributed by atoms with Crippen molar-refractivity contribution in [2.24, 2.45) is 0 Å². The lowest BCUT2D eigenvalue weighted by atomic mass is 10.0. The van der Waals surface area contributed by atoms with E-state index in [0.29, 0.717) is 28.3 Å². The average molecular weight is 306 g/mol. The summed E-state index contributed by atoms with van der Waals surface area (Å²) in [7, 11) is 3.17. The highest BCUT2D eigenvalue weighted by Crippen LogP contribution is 2.41. The van der Waals surface area contributed by atoms with Crippen LogP contribution in [0.25, 0.3) is 22.5 Å². The number of nitrogens with zero attached hydrogens (tertiary/aromatic N) is 1. The number of rotatable bonds is 3. The summed E-state index contributed by atoms with van der Waals surface area (Å²) >= 11 is 0. The second-order valence-corrected chi connectivity index (χ2v) is 5.27. The van der Waals surface area contributed by atoms with Crippen LogP contribution >= 0.6 is 0 Å². The maximum Gasteiger partial charge on any atom is 0.198 e. The molecule has 5 heteroatoms. The molecule has 0 fully saturated rings. The van der Waals surface area contributed by atoms with E-state index in [4.69, 9.17) is 9.47 Å². The van der Waals surface area contributed by atoms with Gasteiger partial charge in [0, 0.05) is 16.7 Å². The Hall–Kier alpha value is -3.08. The predicted octanol–water partition coefficient (Wildman–Crippen LogP) is 3.31.